The lowest BCUT2D eigenvalue weighted by Gasteiger charge is -2.15. The Kier molecular flexibility index (Phi) is 5.09. The number of nitrogens with zero attached hydrogens (tertiary/aromatic N) is 3. The van der Waals surface area contributed by atoms with E-state index in [9.17, 15) is 0 Å². The second-order valence-corrected chi connectivity index (χ2v) is 3.31. The number of ether oxygens (including phenoxy) is 1. The molecule has 0 aliphatic carbocycles. The molecule has 1 rings (SSSR count). The highest BCUT2D eigenvalue weighted by Gasteiger charge is 2.05. The molecule has 1 aromatic heterocycles. The molecule has 0 saturated carbocycles. The van der Waals surface area contributed by atoms with Gasteiger partial charge in [-0.3, -0.25) is 0 Å². The molecule has 0 bridgehead atoms. The van der Waals surface area contributed by atoms with Crippen LogP contribution in [0.2, 0.25) is 0 Å². The summed E-state index contributed by atoms with van der Waals surface area (Å²) < 4.78 is 5.14. The van der Waals surface area contributed by atoms with Gasteiger partial charge in [0.25, 0.3) is 0 Å². The maximum absolute atomic E-state index is 5.14. The first-order valence-electron chi connectivity index (χ1n) is 4.99. The summed E-state index contributed by atoms with van der Waals surface area (Å²) in [5, 5.41) is 3.14. The third-order valence-corrected chi connectivity index (χ3v) is 1.83. The van der Waals surface area contributed by atoms with Gasteiger partial charge in [0.1, 0.15) is 6.61 Å². The van der Waals surface area contributed by atoms with Gasteiger partial charge in [-0.1, -0.05) is 5.92 Å². The van der Waals surface area contributed by atoms with Crippen LogP contribution < -0.4 is 10.2 Å². The minimum atomic E-state index is 0.336. The molecule has 16 heavy (non-hydrogen) atoms. The standard InChI is InChI=1S/C11H16N4O/c1-4-8-16-9-7-13-10-11(15(2)3)14-6-5-12-10/h1,5-6H,7-9H2,2-3H3,(H,12,13). The number of hydrogen-bond donors (Lipinski definition) is 1. The van der Waals surface area contributed by atoms with Gasteiger partial charge in [0, 0.05) is 33.0 Å². The van der Waals surface area contributed by atoms with Gasteiger partial charge in [0.15, 0.2) is 11.6 Å². The normalized spacial score (nSPS) is 9.56. The van der Waals surface area contributed by atoms with E-state index in [2.05, 4.69) is 21.2 Å². The van der Waals surface area contributed by atoms with Crippen LogP contribution in [0.25, 0.3) is 0 Å². The molecule has 0 aliphatic rings. The number of hydrogen-bond acceptors (Lipinski definition) is 5. The van der Waals surface area contributed by atoms with Gasteiger partial charge >= 0.3 is 0 Å². The fourth-order valence-corrected chi connectivity index (χ4v) is 1.16. The Bertz CT molecular complexity index is 359. The van der Waals surface area contributed by atoms with E-state index in [0.717, 1.165) is 11.6 Å². The summed E-state index contributed by atoms with van der Waals surface area (Å²) in [5.74, 6) is 3.96. The molecule has 0 spiro atoms. The van der Waals surface area contributed by atoms with Gasteiger partial charge in [0.2, 0.25) is 0 Å². The quantitative estimate of drug-likeness (QED) is 0.562. The van der Waals surface area contributed by atoms with Crippen molar-refractivity contribution in [1.29, 1.82) is 0 Å². The summed E-state index contributed by atoms with van der Waals surface area (Å²) in [5.41, 5.74) is 0. The molecule has 5 nitrogen and oxygen atoms in total. The van der Waals surface area contributed by atoms with Crippen LogP contribution in [0.4, 0.5) is 11.6 Å². The van der Waals surface area contributed by atoms with Crippen LogP contribution in [0, 0.1) is 12.3 Å². The summed E-state index contributed by atoms with van der Waals surface area (Å²) in [7, 11) is 3.84. The number of aromatic nitrogens is 2. The van der Waals surface area contributed by atoms with Crippen molar-refractivity contribution < 1.29 is 4.74 Å². The highest BCUT2D eigenvalue weighted by Crippen LogP contribution is 2.16. The van der Waals surface area contributed by atoms with Crippen LogP contribution in [0.15, 0.2) is 12.4 Å². The molecule has 0 amide bonds. The number of rotatable bonds is 6. The average Bonchev–Trinajstić information content (AvgIpc) is 2.29. The molecule has 5 heteroatoms. The van der Waals surface area contributed by atoms with Crippen molar-refractivity contribution in [3.8, 4) is 12.3 Å². The second kappa shape index (κ2) is 6.64. The van der Waals surface area contributed by atoms with Gasteiger partial charge in [-0.2, -0.15) is 0 Å². The summed E-state index contributed by atoms with van der Waals surface area (Å²) in [6.07, 6.45) is 8.37. The third-order valence-electron chi connectivity index (χ3n) is 1.83. The molecule has 0 atom stereocenters. The zero-order valence-electron chi connectivity index (χ0n) is 9.60. The number of terminal acetylenes is 1. The second-order valence-electron chi connectivity index (χ2n) is 3.31. The van der Waals surface area contributed by atoms with Crippen molar-refractivity contribution in [3.63, 3.8) is 0 Å². The van der Waals surface area contributed by atoms with E-state index in [4.69, 9.17) is 11.2 Å². The molecule has 1 aromatic rings. The van der Waals surface area contributed by atoms with E-state index < -0.39 is 0 Å². The fraction of sp³-hybridized carbons (Fsp3) is 0.455. The molecule has 0 unspecified atom stereocenters. The van der Waals surface area contributed by atoms with E-state index in [-0.39, 0.29) is 0 Å². The predicted octanol–water partition coefficient (Wildman–Crippen LogP) is 0.604. The third kappa shape index (κ3) is 3.75. The zero-order chi connectivity index (χ0) is 11.8. The van der Waals surface area contributed by atoms with E-state index in [0.29, 0.717) is 19.8 Å². The van der Waals surface area contributed by atoms with Crippen molar-refractivity contribution in [2.75, 3.05) is 44.1 Å². The van der Waals surface area contributed by atoms with E-state index in [1.54, 1.807) is 12.4 Å². The van der Waals surface area contributed by atoms with Gasteiger partial charge in [-0.15, -0.1) is 6.42 Å². The number of nitrogens with one attached hydrogen (secondary N) is 1. The topological polar surface area (TPSA) is 50.3 Å². The molecule has 0 aromatic carbocycles. The lowest BCUT2D eigenvalue weighted by molar-refractivity contribution is 0.178. The Labute approximate surface area is 95.8 Å². The average molecular weight is 220 g/mol. The smallest absolute Gasteiger partial charge is 0.171 e. The molecule has 1 heterocycles. The lowest BCUT2D eigenvalue weighted by atomic mass is 10.5. The van der Waals surface area contributed by atoms with Crippen molar-refractivity contribution in [2.24, 2.45) is 0 Å². The Hall–Kier alpha value is -1.80. The summed E-state index contributed by atoms with van der Waals surface area (Å²) in [6, 6.07) is 0. The highest BCUT2D eigenvalue weighted by atomic mass is 16.5. The van der Waals surface area contributed by atoms with Crippen LogP contribution in [0.3, 0.4) is 0 Å². The minimum absolute atomic E-state index is 0.336. The molecule has 0 radical (unpaired) electrons. The number of anilines is 2. The fourth-order valence-electron chi connectivity index (χ4n) is 1.16. The van der Waals surface area contributed by atoms with Crippen LogP contribution in [-0.4, -0.2) is 43.8 Å². The van der Waals surface area contributed by atoms with Crippen molar-refractivity contribution >= 4 is 11.6 Å². The maximum Gasteiger partial charge on any atom is 0.171 e. The van der Waals surface area contributed by atoms with Gasteiger partial charge < -0.3 is 15.0 Å². The van der Waals surface area contributed by atoms with Crippen molar-refractivity contribution in [1.82, 2.24) is 9.97 Å². The predicted molar refractivity (Wildman–Crippen MR) is 64.5 cm³/mol. The summed E-state index contributed by atoms with van der Waals surface area (Å²) >= 11 is 0. The zero-order valence-corrected chi connectivity index (χ0v) is 9.60. The molecule has 0 saturated heterocycles. The summed E-state index contributed by atoms with van der Waals surface area (Å²) in [4.78, 5) is 10.3. The van der Waals surface area contributed by atoms with Crippen LogP contribution in [0.5, 0.6) is 0 Å². The largest absolute Gasteiger partial charge is 0.367 e. The van der Waals surface area contributed by atoms with Crippen molar-refractivity contribution in [2.45, 2.75) is 0 Å². The molecular formula is C11H16N4O. The Balaban J connectivity index is 2.44. The Morgan fingerprint density at radius 2 is 2.19 bits per heavy atom. The first kappa shape index (κ1) is 12.3. The van der Waals surface area contributed by atoms with Crippen molar-refractivity contribution in [3.05, 3.63) is 12.4 Å². The Morgan fingerprint density at radius 3 is 2.88 bits per heavy atom. The van der Waals surface area contributed by atoms with E-state index >= 15 is 0 Å². The molecule has 0 aliphatic heterocycles. The molecule has 1 N–H and O–H groups in total. The van der Waals surface area contributed by atoms with Crippen LogP contribution in [0.1, 0.15) is 0 Å². The van der Waals surface area contributed by atoms with Gasteiger partial charge in [-0.25, -0.2) is 9.97 Å². The van der Waals surface area contributed by atoms with Crippen LogP contribution >= 0.6 is 0 Å². The van der Waals surface area contributed by atoms with Crippen LogP contribution in [-0.2, 0) is 4.74 Å². The maximum atomic E-state index is 5.14. The Morgan fingerprint density at radius 1 is 1.44 bits per heavy atom. The lowest BCUT2D eigenvalue weighted by Crippen LogP contribution is -2.17. The first-order chi connectivity index (χ1) is 7.75. The first-order valence-corrected chi connectivity index (χ1v) is 4.99. The van der Waals surface area contributed by atoms with E-state index in [1.807, 2.05) is 19.0 Å². The molecular weight excluding hydrogens is 204 g/mol. The highest BCUT2D eigenvalue weighted by molar-refractivity contribution is 5.59. The van der Waals surface area contributed by atoms with Gasteiger partial charge in [0.05, 0.1) is 6.61 Å². The van der Waals surface area contributed by atoms with E-state index in [1.165, 1.54) is 0 Å². The SMILES string of the molecule is C#CCOCCNc1nccnc1N(C)C. The van der Waals surface area contributed by atoms with Gasteiger partial charge in [-0.05, 0) is 0 Å². The monoisotopic (exact) mass is 220 g/mol. The molecule has 0 fully saturated rings. The minimum Gasteiger partial charge on any atom is -0.367 e. The summed E-state index contributed by atoms with van der Waals surface area (Å²) in [6.45, 7) is 1.54. The molecule has 86 valence electrons.